The van der Waals surface area contributed by atoms with Crippen molar-refractivity contribution in [1.29, 1.82) is 0 Å². The van der Waals surface area contributed by atoms with E-state index in [9.17, 15) is 4.79 Å². The highest BCUT2D eigenvalue weighted by molar-refractivity contribution is 8.00. The maximum absolute atomic E-state index is 11.9. The minimum absolute atomic E-state index is 0.0250. The first-order valence-electron chi connectivity index (χ1n) is 5.95. The first-order chi connectivity index (χ1) is 9.22. The molecule has 0 radical (unpaired) electrons. The van der Waals surface area contributed by atoms with Crippen LogP contribution < -0.4 is 9.47 Å². The lowest BCUT2D eigenvalue weighted by Gasteiger charge is -2.26. The highest BCUT2D eigenvalue weighted by Gasteiger charge is 2.36. The van der Waals surface area contributed by atoms with E-state index < -0.39 is 0 Å². The van der Waals surface area contributed by atoms with Crippen molar-refractivity contribution in [3.05, 3.63) is 23.8 Å². The number of aliphatic hydroxyl groups is 1. The Labute approximate surface area is 116 Å². The van der Waals surface area contributed by atoms with Crippen LogP contribution in [0.3, 0.4) is 0 Å². The number of carbonyl (C=O) groups excluding carboxylic acids is 1. The number of benzene rings is 1. The molecule has 1 heterocycles. The van der Waals surface area contributed by atoms with Crippen molar-refractivity contribution in [2.24, 2.45) is 0 Å². The zero-order chi connectivity index (χ0) is 13.8. The van der Waals surface area contributed by atoms with Crippen LogP contribution in [-0.4, -0.2) is 49.0 Å². The number of hydrogen-bond acceptors (Lipinski definition) is 5. The van der Waals surface area contributed by atoms with E-state index in [0.29, 0.717) is 23.8 Å². The highest BCUT2D eigenvalue weighted by Crippen LogP contribution is 2.46. The molecule has 0 spiro atoms. The van der Waals surface area contributed by atoms with E-state index in [-0.39, 0.29) is 17.9 Å². The summed E-state index contributed by atoms with van der Waals surface area (Å²) in [7, 11) is 3.19. The van der Waals surface area contributed by atoms with Crippen LogP contribution in [0.1, 0.15) is 10.9 Å². The third-order valence-corrected chi connectivity index (χ3v) is 4.24. The first kappa shape index (κ1) is 14.0. The molecule has 1 saturated heterocycles. The molecule has 1 N–H and O–H groups in total. The second kappa shape index (κ2) is 6.16. The van der Waals surface area contributed by atoms with Gasteiger partial charge >= 0.3 is 0 Å². The summed E-state index contributed by atoms with van der Waals surface area (Å²) in [6, 6.07) is 5.54. The van der Waals surface area contributed by atoms with Gasteiger partial charge < -0.3 is 19.5 Å². The van der Waals surface area contributed by atoms with E-state index in [1.165, 1.54) is 11.8 Å². The largest absolute Gasteiger partial charge is 0.496 e. The van der Waals surface area contributed by atoms with Crippen molar-refractivity contribution in [1.82, 2.24) is 4.90 Å². The molecule has 1 amide bonds. The third-order valence-electron chi connectivity index (χ3n) is 3.02. The second-order valence-corrected chi connectivity index (χ2v) is 5.12. The number of ether oxygens (including phenoxy) is 2. The number of rotatable bonds is 5. The van der Waals surface area contributed by atoms with E-state index in [1.54, 1.807) is 19.1 Å². The van der Waals surface area contributed by atoms with Gasteiger partial charge in [0.2, 0.25) is 5.91 Å². The number of β-amino-alcohol motifs (C(OH)–C–C–N with tert-alkyl or cyclic N) is 1. The summed E-state index contributed by atoms with van der Waals surface area (Å²) in [5, 5.41) is 8.92. The maximum atomic E-state index is 11.9. The predicted molar refractivity (Wildman–Crippen MR) is 73.5 cm³/mol. The van der Waals surface area contributed by atoms with Crippen LogP contribution in [0.4, 0.5) is 0 Å². The SMILES string of the molecule is COc1cccc(OC)c1C1SCC(=O)N1CCO. The molecule has 104 valence electrons. The Morgan fingerprint density at radius 1 is 1.37 bits per heavy atom. The molecule has 1 aromatic carbocycles. The van der Waals surface area contributed by atoms with E-state index in [4.69, 9.17) is 14.6 Å². The Morgan fingerprint density at radius 3 is 2.53 bits per heavy atom. The number of thioether (sulfide) groups is 1. The molecule has 1 fully saturated rings. The summed E-state index contributed by atoms with van der Waals surface area (Å²) in [4.78, 5) is 13.5. The van der Waals surface area contributed by atoms with Gasteiger partial charge in [0.15, 0.2) is 0 Å². The highest BCUT2D eigenvalue weighted by atomic mass is 32.2. The van der Waals surface area contributed by atoms with Crippen molar-refractivity contribution < 1.29 is 19.4 Å². The molecule has 0 bridgehead atoms. The molecule has 2 rings (SSSR count). The summed E-state index contributed by atoms with van der Waals surface area (Å²) in [6.45, 7) is 0.262. The molecule has 1 aromatic rings. The van der Waals surface area contributed by atoms with Crippen LogP contribution in [0.25, 0.3) is 0 Å². The number of nitrogens with zero attached hydrogens (tertiary/aromatic N) is 1. The third kappa shape index (κ3) is 2.64. The van der Waals surface area contributed by atoms with Crippen molar-refractivity contribution in [3.63, 3.8) is 0 Å². The second-order valence-electron chi connectivity index (χ2n) is 4.05. The number of aliphatic hydroxyl groups excluding tert-OH is 1. The summed E-state index contributed by atoms with van der Waals surface area (Å²) in [6.07, 6.45) is 0. The summed E-state index contributed by atoms with van der Waals surface area (Å²) in [5.41, 5.74) is 0.844. The Hall–Kier alpha value is -1.40. The fourth-order valence-electron chi connectivity index (χ4n) is 2.17. The van der Waals surface area contributed by atoms with Gasteiger partial charge in [0.1, 0.15) is 16.9 Å². The molecule has 0 aliphatic carbocycles. The van der Waals surface area contributed by atoms with Crippen molar-refractivity contribution in [2.45, 2.75) is 5.37 Å². The van der Waals surface area contributed by atoms with Crippen LogP contribution in [0.2, 0.25) is 0 Å². The van der Waals surface area contributed by atoms with E-state index >= 15 is 0 Å². The van der Waals surface area contributed by atoms with Crippen LogP contribution >= 0.6 is 11.8 Å². The van der Waals surface area contributed by atoms with Crippen LogP contribution in [-0.2, 0) is 4.79 Å². The molecule has 1 unspecified atom stereocenters. The fourth-order valence-corrected chi connectivity index (χ4v) is 3.43. The van der Waals surface area contributed by atoms with Crippen molar-refractivity contribution in [3.8, 4) is 11.5 Å². The minimum Gasteiger partial charge on any atom is -0.496 e. The maximum Gasteiger partial charge on any atom is 0.233 e. The molecular formula is C13H17NO4S. The number of methoxy groups -OCH3 is 2. The zero-order valence-electron chi connectivity index (χ0n) is 11.0. The smallest absolute Gasteiger partial charge is 0.233 e. The lowest BCUT2D eigenvalue weighted by atomic mass is 10.1. The van der Waals surface area contributed by atoms with Gasteiger partial charge in [-0.05, 0) is 12.1 Å². The van der Waals surface area contributed by atoms with Crippen LogP contribution in [0.5, 0.6) is 11.5 Å². The average molecular weight is 283 g/mol. The molecule has 1 aliphatic heterocycles. The Morgan fingerprint density at radius 2 is 2.00 bits per heavy atom. The van der Waals surface area contributed by atoms with Gasteiger partial charge in [-0.1, -0.05) is 6.07 Å². The molecule has 0 aromatic heterocycles. The van der Waals surface area contributed by atoms with Crippen molar-refractivity contribution >= 4 is 17.7 Å². The van der Waals surface area contributed by atoms with E-state index in [1.807, 2.05) is 18.2 Å². The molecule has 19 heavy (non-hydrogen) atoms. The van der Waals surface area contributed by atoms with Gasteiger partial charge in [-0.25, -0.2) is 0 Å². The van der Waals surface area contributed by atoms with Gasteiger partial charge in [0.25, 0.3) is 0 Å². The standard InChI is InChI=1S/C13H17NO4S/c1-17-9-4-3-5-10(18-2)12(9)13-14(6-7-15)11(16)8-19-13/h3-5,13,15H,6-8H2,1-2H3. The predicted octanol–water partition coefficient (Wildman–Crippen LogP) is 1.27. The lowest BCUT2D eigenvalue weighted by molar-refractivity contribution is -0.128. The Balaban J connectivity index is 2.42. The molecule has 6 heteroatoms. The summed E-state index contributed by atoms with van der Waals surface area (Å²) in [5.74, 6) is 1.81. The van der Waals surface area contributed by atoms with E-state index in [0.717, 1.165) is 5.56 Å². The molecule has 1 atom stereocenters. The van der Waals surface area contributed by atoms with Gasteiger partial charge in [0, 0.05) is 6.54 Å². The fraction of sp³-hybridized carbons (Fsp3) is 0.462. The first-order valence-corrected chi connectivity index (χ1v) is 7.00. The number of amides is 1. The van der Waals surface area contributed by atoms with Crippen LogP contribution in [0, 0.1) is 0 Å². The molecule has 5 nitrogen and oxygen atoms in total. The molecule has 0 saturated carbocycles. The minimum atomic E-state index is -0.175. The Bertz CT molecular complexity index is 444. The monoisotopic (exact) mass is 283 g/mol. The van der Waals surface area contributed by atoms with Gasteiger partial charge in [-0.2, -0.15) is 0 Å². The molecule has 1 aliphatic rings. The topological polar surface area (TPSA) is 59.0 Å². The number of hydrogen-bond donors (Lipinski definition) is 1. The Kier molecular flexibility index (Phi) is 4.55. The summed E-state index contributed by atoms with van der Waals surface area (Å²) >= 11 is 1.52. The lowest BCUT2D eigenvalue weighted by Crippen LogP contribution is -2.31. The quantitative estimate of drug-likeness (QED) is 0.882. The normalized spacial score (nSPS) is 18.8. The average Bonchev–Trinajstić information content (AvgIpc) is 2.79. The van der Waals surface area contributed by atoms with Crippen LogP contribution in [0.15, 0.2) is 18.2 Å². The van der Waals surface area contributed by atoms with Crippen molar-refractivity contribution in [2.75, 3.05) is 33.1 Å². The summed E-state index contributed by atoms with van der Waals surface area (Å²) < 4.78 is 10.7. The number of carbonyl (C=O) groups is 1. The zero-order valence-corrected chi connectivity index (χ0v) is 11.8. The van der Waals surface area contributed by atoms with E-state index in [2.05, 4.69) is 0 Å². The van der Waals surface area contributed by atoms with Gasteiger partial charge in [0.05, 0.1) is 32.1 Å². The van der Waals surface area contributed by atoms with Gasteiger partial charge in [-0.3, -0.25) is 4.79 Å². The molecular weight excluding hydrogens is 266 g/mol. The van der Waals surface area contributed by atoms with Gasteiger partial charge in [-0.15, -0.1) is 11.8 Å².